The second-order valence-corrected chi connectivity index (χ2v) is 4.46. The molecular weight excluding hydrogens is 211 g/mol. The van der Waals surface area contributed by atoms with Crippen molar-refractivity contribution in [2.75, 3.05) is 27.4 Å². The number of ether oxygens (including phenoxy) is 2. The predicted octanol–water partition coefficient (Wildman–Crippen LogP) is 0.554. The third-order valence-corrected chi connectivity index (χ3v) is 2.98. The second-order valence-electron chi connectivity index (χ2n) is 2.95. The number of rotatable bonds is 5. The van der Waals surface area contributed by atoms with Gasteiger partial charge in [0.2, 0.25) is 0 Å². The summed E-state index contributed by atoms with van der Waals surface area (Å²) in [5.41, 5.74) is 0. The first-order valence-electron chi connectivity index (χ1n) is 4.26. The maximum atomic E-state index is 11.1. The van der Waals surface area contributed by atoms with E-state index in [1.165, 1.54) is 7.11 Å². The zero-order chi connectivity index (χ0) is 10.6. The molecule has 0 saturated carbocycles. The van der Waals surface area contributed by atoms with Gasteiger partial charge in [0.05, 0.1) is 6.61 Å². The molecule has 1 rings (SSSR count). The van der Waals surface area contributed by atoms with Gasteiger partial charge in [0.15, 0.2) is 0 Å². The summed E-state index contributed by atoms with van der Waals surface area (Å²) in [5, 5.41) is 0. The van der Waals surface area contributed by atoms with E-state index in [4.69, 9.17) is 18.9 Å². The summed E-state index contributed by atoms with van der Waals surface area (Å²) in [5.74, 6) is 0. The van der Waals surface area contributed by atoms with E-state index in [1.807, 2.05) is 0 Å². The molecule has 0 spiro atoms. The molecule has 1 aliphatic rings. The molecule has 0 amide bonds. The van der Waals surface area contributed by atoms with Crippen molar-refractivity contribution >= 4 is 7.82 Å². The molecule has 7 heteroatoms. The lowest BCUT2D eigenvalue weighted by Crippen LogP contribution is -2.28. The van der Waals surface area contributed by atoms with E-state index >= 15 is 0 Å². The first kappa shape index (κ1) is 12.1. The largest absolute Gasteiger partial charge is 0.472 e. The van der Waals surface area contributed by atoms with E-state index < -0.39 is 13.9 Å². The van der Waals surface area contributed by atoms with Crippen LogP contribution in [0.2, 0.25) is 0 Å². The van der Waals surface area contributed by atoms with Gasteiger partial charge in [-0.2, -0.15) is 0 Å². The SMILES string of the molecule is COC[C@@H]1OCC[C@H]1OP(=O)(O)OC. The molecule has 6 nitrogen and oxygen atoms in total. The fraction of sp³-hybridized carbons (Fsp3) is 1.00. The Kier molecular flexibility index (Phi) is 4.50. The van der Waals surface area contributed by atoms with Gasteiger partial charge < -0.3 is 14.4 Å². The Morgan fingerprint density at radius 2 is 2.29 bits per heavy atom. The molecule has 1 aliphatic heterocycles. The van der Waals surface area contributed by atoms with Crippen LogP contribution in [0.1, 0.15) is 6.42 Å². The molecule has 1 fully saturated rings. The van der Waals surface area contributed by atoms with Crippen LogP contribution < -0.4 is 0 Å². The maximum Gasteiger partial charge on any atom is 0.472 e. The summed E-state index contributed by atoms with van der Waals surface area (Å²) < 4.78 is 30.5. The normalized spacial score (nSPS) is 31.6. The molecule has 0 aromatic rings. The van der Waals surface area contributed by atoms with E-state index in [0.717, 1.165) is 7.11 Å². The van der Waals surface area contributed by atoms with Gasteiger partial charge in [-0.3, -0.25) is 9.05 Å². The molecular formula is C7H15O6P. The van der Waals surface area contributed by atoms with Crippen molar-refractivity contribution in [1.82, 2.24) is 0 Å². The Balaban J connectivity index is 2.47. The molecule has 1 unspecified atom stereocenters. The van der Waals surface area contributed by atoms with Gasteiger partial charge in [-0.15, -0.1) is 0 Å². The molecule has 1 heterocycles. The van der Waals surface area contributed by atoms with Crippen molar-refractivity contribution in [3.63, 3.8) is 0 Å². The summed E-state index contributed by atoms with van der Waals surface area (Å²) in [6, 6.07) is 0. The monoisotopic (exact) mass is 226 g/mol. The van der Waals surface area contributed by atoms with Gasteiger partial charge in [-0.1, -0.05) is 0 Å². The average Bonchev–Trinajstić information content (AvgIpc) is 2.53. The molecule has 0 aliphatic carbocycles. The van der Waals surface area contributed by atoms with Crippen LogP contribution in [0.25, 0.3) is 0 Å². The molecule has 1 N–H and O–H groups in total. The maximum absolute atomic E-state index is 11.1. The third kappa shape index (κ3) is 3.31. The van der Waals surface area contributed by atoms with E-state index in [0.29, 0.717) is 19.6 Å². The van der Waals surface area contributed by atoms with Crippen molar-refractivity contribution in [3.05, 3.63) is 0 Å². The van der Waals surface area contributed by atoms with E-state index in [1.54, 1.807) is 0 Å². The topological polar surface area (TPSA) is 74.2 Å². The summed E-state index contributed by atoms with van der Waals surface area (Å²) in [6.07, 6.45) is -0.163. The number of methoxy groups -OCH3 is 1. The van der Waals surface area contributed by atoms with Gasteiger partial charge in [0.1, 0.15) is 12.2 Å². The van der Waals surface area contributed by atoms with Crippen molar-refractivity contribution in [3.8, 4) is 0 Å². The van der Waals surface area contributed by atoms with Crippen LogP contribution in [-0.2, 0) is 23.1 Å². The van der Waals surface area contributed by atoms with Crippen LogP contribution >= 0.6 is 7.82 Å². The van der Waals surface area contributed by atoms with E-state index in [2.05, 4.69) is 4.52 Å². The number of phosphoric acid groups is 1. The van der Waals surface area contributed by atoms with Crippen LogP contribution in [-0.4, -0.2) is 44.5 Å². The Bertz CT molecular complexity index is 220. The molecule has 14 heavy (non-hydrogen) atoms. The third-order valence-electron chi connectivity index (χ3n) is 1.98. The molecule has 3 atom stereocenters. The quantitative estimate of drug-likeness (QED) is 0.690. The lowest BCUT2D eigenvalue weighted by molar-refractivity contribution is -0.0115. The smallest absolute Gasteiger partial charge is 0.382 e. The number of phosphoric ester groups is 1. The molecule has 0 radical (unpaired) electrons. The zero-order valence-electron chi connectivity index (χ0n) is 8.21. The highest BCUT2D eigenvalue weighted by Gasteiger charge is 2.35. The number of hydrogen-bond acceptors (Lipinski definition) is 5. The average molecular weight is 226 g/mol. The minimum absolute atomic E-state index is 0.296. The van der Waals surface area contributed by atoms with E-state index in [9.17, 15) is 4.57 Å². The Morgan fingerprint density at radius 3 is 2.86 bits per heavy atom. The standard InChI is InChI=1S/C7H15O6P/c1-10-5-7-6(3-4-12-7)13-14(8,9)11-2/h6-7H,3-5H2,1-2H3,(H,8,9)/t6-,7+/m1/s1. The van der Waals surface area contributed by atoms with Crippen molar-refractivity contribution < 1.29 is 28.0 Å². The van der Waals surface area contributed by atoms with Gasteiger partial charge >= 0.3 is 7.82 Å². The van der Waals surface area contributed by atoms with Crippen LogP contribution in [0.4, 0.5) is 0 Å². The van der Waals surface area contributed by atoms with Crippen LogP contribution in [0.15, 0.2) is 0 Å². The highest BCUT2D eigenvalue weighted by Crippen LogP contribution is 2.45. The molecule has 0 aromatic carbocycles. The second kappa shape index (κ2) is 5.21. The molecule has 0 bridgehead atoms. The summed E-state index contributed by atoms with van der Waals surface area (Å²) >= 11 is 0. The summed E-state index contributed by atoms with van der Waals surface area (Å²) in [4.78, 5) is 9.08. The van der Waals surface area contributed by atoms with Gasteiger partial charge in [0.25, 0.3) is 0 Å². The molecule has 0 aromatic heterocycles. The van der Waals surface area contributed by atoms with Crippen molar-refractivity contribution in [2.24, 2.45) is 0 Å². The lowest BCUT2D eigenvalue weighted by atomic mass is 10.2. The van der Waals surface area contributed by atoms with Crippen LogP contribution in [0.3, 0.4) is 0 Å². The number of hydrogen-bond donors (Lipinski definition) is 1. The first-order chi connectivity index (χ1) is 6.59. The van der Waals surface area contributed by atoms with Crippen molar-refractivity contribution in [1.29, 1.82) is 0 Å². The minimum Gasteiger partial charge on any atom is -0.382 e. The molecule has 84 valence electrons. The van der Waals surface area contributed by atoms with Gasteiger partial charge in [0, 0.05) is 27.2 Å². The summed E-state index contributed by atoms with van der Waals surface area (Å²) in [6.45, 7) is 0.844. The Hall–Kier alpha value is 0.0300. The Morgan fingerprint density at radius 1 is 1.57 bits per heavy atom. The van der Waals surface area contributed by atoms with Gasteiger partial charge in [-0.25, -0.2) is 4.57 Å². The van der Waals surface area contributed by atoms with Crippen LogP contribution in [0, 0.1) is 0 Å². The highest BCUT2D eigenvalue weighted by atomic mass is 31.2. The van der Waals surface area contributed by atoms with Gasteiger partial charge in [-0.05, 0) is 0 Å². The van der Waals surface area contributed by atoms with Crippen molar-refractivity contribution in [2.45, 2.75) is 18.6 Å². The Labute approximate surface area is 82.7 Å². The predicted molar refractivity (Wildman–Crippen MR) is 47.9 cm³/mol. The zero-order valence-corrected chi connectivity index (χ0v) is 9.11. The fourth-order valence-corrected chi connectivity index (χ4v) is 1.95. The minimum atomic E-state index is -3.92. The van der Waals surface area contributed by atoms with Crippen LogP contribution in [0.5, 0.6) is 0 Å². The van der Waals surface area contributed by atoms with E-state index in [-0.39, 0.29) is 6.10 Å². The summed E-state index contributed by atoms with van der Waals surface area (Å²) in [7, 11) is -1.26. The highest BCUT2D eigenvalue weighted by molar-refractivity contribution is 7.47. The molecule has 1 saturated heterocycles. The first-order valence-corrected chi connectivity index (χ1v) is 5.76. The fourth-order valence-electron chi connectivity index (χ4n) is 1.28. The lowest BCUT2D eigenvalue weighted by Gasteiger charge is -2.19.